The number of hydrogen-bond acceptors (Lipinski definition) is 3. The lowest BCUT2D eigenvalue weighted by atomic mass is 9.96. The third-order valence-corrected chi connectivity index (χ3v) is 4.08. The highest BCUT2D eigenvalue weighted by Crippen LogP contribution is 2.41. The molecular weight excluding hydrogens is 291 g/mol. The first-order valence-electron chi connectivity index (χ1n) is 6.78. The fourth-order valence-corrected chi connectivity index (χ4v) is 2.62. The molecule has 21 heavy (non-hydrogen) atoms. The molecule has 5 heteroatoms. The van der Waals surface area contributed by atoms with Crippen molar-refractivity contribution in [2.75, 3.05) is 0 Å². The van der Waals surface area contributed by atoms with E-state index in [0.717, 1.165) is 12.8 Å². The molecule has 2 aromatic rings. The van der Waals surface area contributed by atoms with Crippen molar-refractivity contribution < 1.29 is 13.5 Å². The Hall–Kier alpha value is -1.78. The lowest BCUT2D eigenvalue weighted by molar-refractivity contribution is 0.103. The van der Waals surface area contributed by atoms with Gasteiger partial charge in [-0.15, -0.1) is 0 Å². The summed E-state index contributed by atoms with van der Waals surface area (Å²) in [6, 6.07) is 5.92. The molecule has 1 aromatic heterocycles. The van der Waals surface area contributed by atoms with Crippen LogP contribution < -0.4 is 5.73 Å². The molecule has 0 spiro atoms. The minimum atomic E-state index is -0.615. The van der Waals surface area contributed by atoms with Gasteiger partial charge < -0.3 is 5.73 Å². The number of benzene rings is 1. The van der Waals surface area contributed by atoms with Crippen LogP contribution in [-0.2, 0) is 0 Å². The monoisotopic (exact) mass is 310 g/mol. The summed E-state index contributed by atoms with van der Waals surface area (Å²) in [6.45, 7) is 0. The molecule has 0 aliphatic heterocycles. The van der Waals surface area contributed by atoms with Crippen molar-refractivity contribution in [3.05, 3.63) is 64.2 Å². The van der Waals surface area contributed by atoms with E-state index in [2.05, 4.69) is 4.98 Å². The minimum Gasteiger partial charge on any atom is -0.324 e. The van der Waals surface area contributed by atoms with Gasteiger partial charge in [0.25, 0.3) is 0 Å². The smallest absolute Gasteiger partial charge is 0.199 e. The molecule has 0 amide bonds. The number of pyridine rings is 1. The molecule has 3 rings (SSSR count). The van der Waals surface area contributed by atoms with Gasteiger partial charge in [-0.05, 0) is 37.0 Å². The van der Waals surface area contributed by atoms with E-state index in [-0.39, 0.29) is 20.9 Å². The molecule has 1 fully saturated rings. The van der Waals surface area contributed by atoms with Crippen molar-refractivity contribution in [2.24, 2.45) is 11.7 Å². The van der Waals surface area contributed by atoms with Crippen LogP contribution in [0.1, 0.15) is 44.6 Å². The second kappa shape index (κ2) is 5.54. The second-order valence-corrected chi connectivity index (χ2v) is 5.67. The lowest BCUT2D eigenvalue weighted by Crippen LogP contribution is -2.17. The average Bonchev–Trinajstić information content (AvgIpc) is 3.32. The zero-order valence-electron chi connectivity index (χ0n) is 11.2. The summed E-state index contributed by atoms with van der Waals surface area (Å²) >= 11 is 6.02. The van der Waals surface area contributed by atoms with Crippen LogP contribution in [0.25, 0.3) is 0 Å². The fraction of sp³-hybridized carbons (Fsp3) is 0.250. The molecular formula is C16H20ClFN2O. The Morgan fingerprint density at radius 3 is 2.81 bits per heavy atom. The number of nitrogens with two attached hydrogens (primary N) is 1. The second-order valence-electron chi connectivity index (χ2n) is 5.26. The maximum Gasteiger partial charge on any atom is 0.199 e. The van der Waals surface area contributed by atoms with E-state index in [1.165, 1.54) is 12.3 Å². The predicted octanol–water partition coefficient (Wildman–Crippen LogP) is 4.25. The summed E-state index contributed by atoms with van der Waals surface area (Å²) in [6.07, 6.45) is 4.93. The van der Waals surface area contributed by atoms with Crippen molar-refractivity contribution in [2.45, 2.75) is 18.9 Å². The van der Waals surface area contributed by atoms with Crippen LogP contribution in [0.5, 0.6) is 0 Å². The highest BCUT2D eigenvalue weighted by atomic mass is 35.5. The van der Waals surface area contributed by atoms with Crippen molar-refractivity contribution in [1.82, 2.24) is 4.98 Å². The van der Waals surface area contributed by atoms with Crippen LogP contribution >= 0.6 is 11.6 Å². The third-order valence-electron chi connectivity index (χ3n) is 3.76. The highest BCUT2D eigenvalue weighted by molar-refractivity contribution is 6.35. The van der Waals surface area contributed by atoms with Gasteiger partial charge in [0.05, 0.1) is 10.6 Å². The number of rotatable bonds is 4. The van der Waals surface area contributed by atoms with Gasteiger partial charge in [-0.3, -0.25) is 9.78 Å². The summed E-state index contributed by atoms with van der Waals surface area (Å²) in [5.41, 5.74) is 6.58. The number of ketones is 1. The molecule has 2 N–H and O–H groups in total. The summed E-state index contributed by atoms with van der Waals surface area (Å²) in [5, 5.41) is 0.0908. The van der Waals surface area contributed by atoms with E-state index in [1.807, 2.05) is 0 Å². The van der Waals surface area contributed by atoms with E-state index >= 15 is 0 Å². The van der Waals surface area contributed by atoms with Crippen LogP contribution in [-0.4, -0.2) is 10.8 Å². The van der Waals surface area contributed by atoms with Gasteiger partial charge in [-0.1, -0.05) is 17.7 Å². The highest BCUT2D eigenvalue weighted by Gasteiger charge is 2.33. The Bertz CT molecular complexity index is 699. The van der Waals surface area contributed by atoms with Crippen molar-refractivity contribution in [1.29, 1.82) is 0 Å². The summed E-state index contributed by atoms with van der Waals surface area (Å²) in [4.78, 5) is 16.3. The molecule has 114 valence electrons. The molecule has 1 aliphatic carbocycles. The quantitative estimate of drug-likeness (QED) is 0.859. The van der Waals surface area contributed by atoms with Gasteiger partial charge in [0.15, 0.2) is 5.78 Å². The number of hydrogen-bond donors (Lipinski definition) is 1. The van der Waals surface area contributed by atoms with Gasteiger partial charge in [0.1, 0.15) is 5.82 Å². The van der Waals surface area contributed by atoms with Crippen molar-refractivity contribution >= 4 is 17.4 Å². The molecule has 1 atom stereocenters. The average molecular weight is 311 g/mol. The first kappa shape index (κ1) is 14.2. The van der Waals surface area contributed by atoms with Gasteiger partial charge in [-0.25, -0.2) is 4.39 Å². The Morgan fingerprint density at radius 1 is 1.43 bits per heavy atom. The normalized spacial score (nSPS) is 15.8. The van der Waals surface area contributed by atoms with Crippen LogP contribution in [0, 0.1) is 11.7 Å². The van der Waals surface area contributed by atoms with Crippen LogP contribution in [0.4, 0.5) is 4.39 Å². The van der Waals surface area contributed by atoms with Gasteiger partial charge >= 0.3 is 0 Å². The Balaban J connectivity index is 0.00000176. The molecule has 0 radical (unpaired) electrons. The lowest BCUT2D eigenvalue weighted by Gasteiger charge is -2.15. The van der Waals surface area contributed by atoms with Crippen LogP contribution in [0.3, 0.4) is 0 Å². The number of aromatic nitrogens is 1. The largest absolute Gasteiger partial charge is 0.324 e. The number of carbonyl (C=O) groups excluding carboxylic acids is 1. The van der Waals surface area contributed by atoms with E-state index in [4.69, 9.17) is 17.3 Å². The first-order chi connectivity index (χ1) is 10.1. The Labute approximate surface area is 131 Å². The van der Waals surface area contributed by atoms with Gasteiger partial charge in [-0.2, -0.15) is 0 Å². The Kier molecular flexibility index (Phi) is 3.74. The van der Waals surface area contributed by atoms with E-state index in [0.29, 0.717) is 17.0 Å². The summed E-state index contributed by atoms with van der Waals surface area (Å²) < 4.78 is 14.7. The maximum absolute atomic E-state index is 14.7. The van der Waals surface area contributed by atoms with Crippen LogP contribution in [0.2, 0.25) is 5.02 Å². The molecule has 1 saturated carbocycles. The molecule has 0 saturated heterocycles. The zero-order chi connectivity index (χ0) is 15.0. The molecule has 3 nitrogen and oxygen atoms in total. The SMILES string of the molecule is N[C@@H](c1ccc(Cl)c(C(=O)c2cccnc2)c1F)C1CC1.[HH].[HH].[HH]. The topological polar surface area (TPSA) is 56.0 Å². The molecule has 1 aliphatic rings. The summed E-state index contributed by atoms with van der Waals surface area (Å²) in [7, 11) is 0. The van der Waals surface area contributed by atoms with Gasteiger partial charge in [0.2, 0.25) is 0 Å². The van der Waals surface area contributed by atoms with E-state index in [9.17, 15) is 9.18 Å². The van der Waals surface area contributed by atoms with Crippen molar-refractivity contribution in [3.63, 3.8) is 0 Å². The summed E-state index contributed by atoms with van der Waals surface area (Å²) in [5.74, 6) is -0.798. The minimum absolute atomic E-state index is 0. The fourth-order valence-electron chi connectivity index (χ4n) is 2.38. The molecule has 1 heterocycles. The Morgan fingerprint density at radius 2 is 2.19 bits per heavy atom. The first-order valence-corrected chi connectivity index (χ1v) is 7.15. The number of nitrogens with zero attached hydrogens (tertiary/aromatic N) is 1. The number of carbonyl (C=O) groups is 1. The van der Waals surface area contributed by atoms with E-state index < -0.39 is 11.6 Å². The third kappa shape index (κ3) is 2.69. The predicted molar refractivity (Wildman–Crippen MR) is 85.1 cm³/mol. The molecule has 0 unspecified atom stereocenters. The van der Waals surface area contributed by atoms with E-state index in [1.54, 1.807) is 24.4 Å². The zero-order valence-corrected chi connectivity index (χ0v) is 12.0. The number of halogens is 2. The van der Waals surface area contributed by atoms with Crippen molar-refractivity contribution in [3.8, 4) is 0 Å². The standard InChI is InChI=1S/C16H14ClFN2O.3H2/c17-12-6-5-11(15(19)9-3-4-9)14(18)13(12)16(21)10-2-1-7-20-8-10;;;/h1-2,5-9,15H,3-4,19H2;3*1H/t15-;;;/m1.../s1. The maximum atomic E-state index is 14.7. The molecule has 0 bridgehead atoms. The molecule has 1 aromatic carbocycles. The van der Waals surface area contributed by atoms with Gasteiger partial charge in [0, 0.05) is 33.8 Å². The van der Waals surface area contributed by atoms with Crippen LogP contribution in [0.15, 0.2) is 36.7 Å².